The number of aromatic nitrogens is 3. The molecule has 0 unspecified atom stereocenters. The Bertz CT molecular complexity index is 654. The average Bonchev–Trinajstić information content (AvgIpc) is 2.39. The summed E-state index contributed by atoms with van der Waals surface area (Å²) in [7, 11) is 0. The minimum absolute atomic E-state index is 0.184. The number of fused-ring (bicyclic) bond motifs is 1. The molecule has 1 N–H and O–H groups in total. The Balaban J connectivity index is 2.17. The van der Waals surface area contributed by atoms with E-state index in [1.807, 2.05) is 0 Å². The van der Waals surface area contributed by atoms with Crippen molar-refractivity contribution in [3.8, 4) is 11.5 Å². The molecule has 0 bridgehead atoms. The number of ether oxygens (including phenoxy) is 1. The van der Waals surface area contributed by atoms with Crippen LogP contribution in [0.25, 0.3) is 11.5 Å². The molecule has 0 atom stereocenters. The lowest BCUT2D eigenvalue weighted by Gasteiger charge is -2.15. The predicted octanol–water partition coefficient (Wildman–Crippen LogP) is 1.56. The molecule has 3 heterocycles. The van der Waals surface area contributed by atoms with Crippen LogP contribution in [-0.2, 0) is 17.8 Å². The van der Waals surface area contributed by atoms with Crippen molar-refractivity contribution in [2.24, 2.45) is 0 Å². The van der Waals surface area contributed by atoms with Crippen molar-refractivity contribution in [3.63, 3.8) is 0 Å². The molecule has 0 fully saturated rings. The molecular formula is C12H10ClN3O2. The van der Waals surface area contributed by atoms with Crippen LogP contribution in [0.3, 0.4) is 0 Å². The molecule has 0 saturated carbocycles. The molecule has 2 aromatic rings. The first-order valence-electron chi connectivity index (χ1n) is 5.56. The lowest BCUT2D eigenvalue weighted by molar-refractivity contribution is 0.108. The minimum atomic E-state index is -0.184. The van der Waals surface area contributed by atoms with E-state index in [9.17, 15) is 4.79 Å². The molecular weight excluding hydrogens is 254 g/mol. The number of nitrogens with zero attached hydrogens (tertiary/aromatic N) is 2. The van der Waals surface area contributed by atoms with E-state index < -0.39 is 0 Å². The Kier molecular flexibility index (Phi) is 2.85. The zero-order valence-corrected chi connectivity index (χ0v) is 10.2. The summed E-state index contributed by atoms with van der Waals surface area (Å²) in [6, 6.07) is 3.45. The fourth-order valence-corrected chi connectivity index (χ4v) is 2.13. The van der Waals surface area contributed by atoms with E-state index in [1.165, 1.54) is 0 Å². The molecule has 6 heteroatoms. The molecule has 18 heavy (non-hydrogen) atoms. The molecule has 0 spiro atoms. The van der Waals surface area contributed by atoms with Gasteiger partial charge in [-0.15, -0.1) is 0 Å². The number of halogens is 1. The van der Waals surface area contributed by atoms with E-state index in [-0.39, 0.29) is 5.56 Å². The molecule has 1 aliphatic heterocycles. The van der Waals surface area contributed by atoms with Crippen LogP contribution in [0.5, 0.6) is 0 Å². The summed E-state index contributed by atoms with van der Waals surface area (Å²) in [6.07, 6.45) is 2.25. The summed E-state index contributed by atoms with van der Waals surface area (Å²) in [5.41, 5.74) is 1.67. The average molecular weight is 264 g/mol. The van der Waals surface area contributed by atoms with E-state index in [0.717, 1.165) is 5.69 Å². The number of hydrogen-bond acceptors (Lipinski definition) is 4. The van der Waals surface area contributed by atoms with E-state index >= 15 is 0 Å². The second-order valence-corrected chi connectivity index (χ2v) is 4.38. The van der Waals surface area contributed by atoms with Crippen molar-refractivity contribution in [1.82, 2.24) is 15.0 Å². The minimum Gasteiger partial charge on any atom is -0.376 e. The summed E-state index contributed by atoms with van der Waals surface area (Å²) in [5.74, 6) is 0.409. The Morgan fingerprint density at radius 3 is 3.17 bits per heavy atom. The molecule has 2 aromatic heterocycles. The molecule has 0 amide bonds. The smallest absolute Gasteiger partial charge is 0.257 e. The lowest BCUT2D eigenvalue weighted by atomic mass is 10.1. The first kappa shape index (κ1) is 11.4. The number of nitrogens with one attached hydrogen (secondary N) is 1. The maximum absolute atomic E-state index is 11.9. The van der Waals surface area contributed by atoms with Crippen LogP contribution in [0.2, 0.25) is 5.02 Å². The first-order chi connectivity index (χ1) is 8.75. The zero-order chi connectivity index (χ0) is 12.5. The molecule has 0 radical (unpaired) electrons. The van der Waals surface area contributed by atoms with Crippen molar-refractivity contribution in [1.29, 1.82) is 0 Å². The van der Waals surface area contributed by atoms with Crippen LogP contribution >= 0.6 is 11.6 Å². The third kappa shape index (κ3) is 1.91. The standard InChI is InChI=1S/C12H10ClN3O2/c13-8-2-1-4-14-10(8)11-15-9-3-5-18-6-7(9)12(17)16-11/h1-2,4H,3,5-6H2,(H,15,16,17). The van der Waals surface area contributed by atoms with Gasteiger partial charge in [0.15, 0.2) is 5.82 Å². The summed E-state index contributed by atoms with van der Waals surface area (Å²) >= 11 is 6.05. The largest absolute Gasteiger partial charge is 0.376 e. The molecule has 3 rings (SSSR count). The van der Waals surface area contributed by atoms with Crippen LogP contribution in [0.4, 0.5) is 0 Å². The Morgan fingerprint density at radius 1 is 1.44 bits per heavy atom. The zero-order valence-electron chi connectivity index (χ0n) is 9.44. The van der Waals surface area contributed by atoms with Crippen molar-refractivity contribution in [2.75, 3.05) is 6.61 Å². The summed E-state index contributed by atoms with van der Waals surface area (Å²) in [4.78, 5) is 23.2. The van der Waals surface area contributed by atoms with Gasteiger partial charge in [-0.2, -0.15) is 0 Å². The Labute approximate surface area is 108 Å². The van der Waals surface area contributed by atoms with E-state index in [0.29, 0.717) is 41.7 Å². The van der Waals surface area contributed by atoms with Gasteiger partial charge in [-0.05, 0) is 12.1 Å². The normalized spacial score (nSPS) is 14.3. The monoisotopic (exact) mass is 263 g/mol. The first-order valence-corrected chi connectivity index (χ1v) is 5.94. The van der Waals surface area contributed by atoms with E-state index in [1.54, 1.807) is 18.3 Å². The van der Waals surface area contributed by atoms with Gasteiger partial charge < -0.3 is 9.72 Å². The van der Waals surface area contributed by atoms with Crippen molar-refractivity contribution >= 4 is 11.6 Å². The highest BCUT2D eigenvalue weighted by atomic mass is 35.5. The van der Waals surface area contributed by atoms with Crippen molar-refractivity contribution in [2.45, 2.75) is 13.0 Å². The van der Waals surface area contributed by atoms with E-state index in [2.05, 4.69) is 15.0 Å². The third-order valence-corrected chi connectivity index (χ3v) is 3.12. The molecule has 0 saturated heterocycles. The maximum Gasteiger partial charge on any atom is 0.257 e. The number of pyridine rings is 1. The van der Waals surface area contributed by atoms with Crippen molar-refractivity contribution < 1.29 is 4.74 Å². The van der Waals surface area contributed by atoms with Gasteiger partial charge in [-0.3, -0.25) is 9.78 Å². The predicted molar refractivity (Wildman–Crippen MR) is 66.5 cm³/mol. The number of aromatic amines is 1. The van der Waals surface area contributed by atoms with Crippen LogP contribution in [-0.4, -0.2) is 21.6 Å². The molecule has 5 nitrogen and oxygen atoms in total. The number of hydrogen-bond donors (Lipinski definition) is 1. The van der Waals surface area contributed by atoms with Crippen LogP contribution in [0.15, 0.2) is 23.1 Å². The Morgan fingerprint density at radius 2 is 2.33 bits per heavy atom. The van der Waals surface area contributed by atoms with Gasteiger partial charge in [0.25, 0.3) is 5.56 Å². The summed E-state index contributed by atoms with van der Waals surface area (Å²) in [5, 5.41) is 0.465. The van der Waals surface area contributed by atoms with E-state index in [4.69, 9.17) is 16.3 Å². The van der Waals surface area contributed by atoms with Gasteiger partial charge in [-0.25, -0.2) is 4.98 Å². The topological polar surface area (TPSA) is 67.9 Å². The van der Waals surface area contributed by atoms with Crippen LogP contribution < -0.4 is 5.56 Å². The highest BCUT2D eigenvalue weighted by molar-refractivity contribution is 6.32. The fraction of sp³-hybridized carbons (Fsp3) is 0.250. The fourth-order valence-electron chi connectivity index (χ4n) is 1.92. The lowest BCUT2D eigenvalue weighted by Crippen LogP contribution is -2.24. The third-order valence-electron chi connectivity index (χ3n) is 2.81. The van der Waals surface area contributed by atoms with Gasteiger partial charge in [0.2, 0.25) is 0 Å². The quantitative estimate of drug-likeness (QED) is 0.848. The Hall–Kier alpha value is -1.72. The van der Waals surface area contributed by atoms with Gasteiger partial charge in [0.05, 0.1) is 29.5 Å². The SMILES string of the molecule is O=c1[nH]c(-c2ncccc2Cl)nc2c1COCC2. The van der Waals surface area contributed by atoms with Gasteiger partial charge in [-0.1, -0.05) is 11.6 Å². The highest BCUT2D eigenvalue weighted by Gasteiger charge is 2.17. The molecule has 1 aliphatic rings. The summed E-state index contributed by atoms with van der Waals surface area (Å²) in [6.45, 7) is 0.896. The van der Waals surface area contributed by atoms with Crippen LogP contribution in [0.1, 0.15) is 11.3 Å². The second kappa shape index (κ2) is 4.51. The van der Waals surface area contributed by atoms with Crippen LogP contribution in [0, 0.1) is 0 Å². The number of H-pyrrole nitrogens is 1. The molecule has 0 aromatic carbocycles. The second-order valence-electron chi connectivity index (χ2n) is 3.98. The summed E-state index contributed by atoms with van der Waals surface area (Å²) < 4.78 is 5.24. The molecule has 92 valence electrons. The number of rotatable bonds is 1. The molecule has 0 aliphatic carbocycles. The van der Waals surface area contributed by atoms with Gasteiger partial charge >= 0.3 is 0 Å². The maximum atomic E-state index is 11.9. The van der Waals surface area contributed by atoms with Crippen molar-refractivity contribution in [3.05, 3.63) is 45.0 Å². The van der Waals surface area contributed by atoms with Gasteiger partial charge in [0, 0.05) is 12.6 Å². The highest BCUT2D eigenvalue weighted by Crippen LogP contribution is 2.22. The van der Waals surface area contributed by atoms with Gasteiger partial charge in [0.1, 0.15) is 5.69 Å².